The van der Waals surface area contributed by atoms with Gasteiger partial charge in [0.15, 0.2) is 11.0 Å². The van der Waals surface area contributed by atoms with Gasteiger partial charge in [0.05, 0.1) is 33.1 Å². The molecule has 8 aromatic rings. The van der Waals surface area contributed by atoms with Crippen LogP contribution in [0, 0.1) is 10.4 Å². The first kappa shape index (κ1) is 40.2. The first-order valence-electron chi connectivity index (χ1n) is 24.7. The predicted molar refractivity (Wildman–Crippen MR) is 281 cm³/mol. The Morgan fingerprint density at radius 1 is 0.441 bits per heavy atom. The number of fused-ring (bicyclic) bond motifs is 13. The van der Waals surface area contributed by atoms with Crippen molar-refractivity contribution < 1.29 is 13.8 Å². The minimum absolute atomic E-state index is 0.0752. The highest BCUT2D eigenvalue weighted by molar-refractivity contribution is 6.61. The summed E-state index contributed by atoms with van der Waals surface area (Å²) in [7, 11) is 0. The molecular weight excluding hydrogens is 828 g/mol. The quantitative estimate of drug-likeness (QED) is 0.154. The van der Waals surface area contributed by atoms with Crippen LogP contribution in [-0.4, -0.2) is 11.3 Å². The normalized spacial score (nSPS) is 16.8. The molecule has 0 saturated carbocycles. The van der Waals surface area contributed by atoms with E-state index < -0.39 is 6.82 Å². The summed E-state index contributed by atoms with van der Waals surface area (Å²) in [5.74, 6) is 1.67. The minimum atomic E-state index is -2.53. The molecule has 0 bridgehead atoms. The van der Waals surface area contributed by atoms with Crippen molar-refractivity contribution in [2.45, 2.75) is 105 Å². The van der Waals surface area contributed by atoms with E-state index in [9.17, 15) is 0 Å². The molecule has 1 spiro atoms. The van der Waals surface area contributed by atoms with Crippen LogP contribution in [0.3, 0.4) is 0 Å². The summed E-state index contributed by atoms with van der Waals surface area (Å²) >= 11 is 0. The number of hydrogen-bond acceptors (Lipinski definition) is 2. The lowest BCUT2D eigenvalue weighted by molar-refractivity contribution is -0.577. The van der Waals surface area contributed by atoms with Crippen molar-refractivity contribution in [3.63, 3.8) is 0 Å². The Kier molecular flexibility index (Phi) is 7.35. The highest BCUT2D eigenvalue weighted by Gasteiger charge is 2.64. The summed E-state index contributed by atoms with van der Waals surface area (Å²) in [5.41, 5.74) is 18.1. The van der Waals surface area contributed by atoms with E-state index in [0.717, 1.165) is 45.1 Å². The Bertz CT molecular complexity index is 4040. The maximum Gasteiger partial charge on any atom is 0.780 e. The van der Waals surface area contributed by atoms with Crippen LogP contribution in [0.15, 0.2) is 127 Å². The van der Waals surface area contributed by atoms with E-state index >= 15 is 0 Å². The molecule has 5 heteroatoms. The lowest BCUT2D eigenvalue weighted by Crippen LogP contribution is -2.86. The second-order valence-electron chi connectivity index (χ2n) is 24.5. The van der Waals surface area contributed by atoms with Gasteiger partial charge in [-0.2, -0.15) is 0 Å². The number of rotatable bonds is 1. The second kappa shape index (κ2) is 12.4. The first-order chi connectivity index (χ1) is 32.2. The molecule has 2 aliphatic carbocycles. The third-order valence-electron chi connectivity index (χ3n) is 16.1. The van der Waals surface area contributed by atoms with Gasteiger partial charge in [-0.15, -0.1) is 0 Å². The van der Waals surface area contributed by atoms with Gasteiger partial charge in [-0.25, -0.2) is 0 Å². The number of hydrogen-bond donors (Lipinski definition) is 0. The van der Waals surface area contributed by atoms with Crippen LogP contribution in [0.2, 0.25) is 0 Å². The van der Waals surface area contributed by atoms with Gasteiger partial charge in [-0.3, -0.25) is 0 Å². The average molecular weight is 885 g/mol. The zero-order valence-corrected chi connectivity index (χ0v) is 41.4. The number of benzene rings is 7. The summed E-state index contributed by atoms with van der Waals surface area (Å²) < 4.78 is 20.8. The first-order valence-corrected chi connectivity index (χ1v) is 24.7. The summed E-state index contributed by atoms with van der Waals surface area (Å²) in [6, 6.07) is 48.6. The fourth-order valence-electron chi connectivity index (χ4n) is 12.7. The number of nitrogens with zero attached hydrogens (tertiary/aromatic N) is 2. The van der Waals surface area contributed by atoms with Crippen molar-refractivity contribution in [3.8, 4) is 56.3 Å². The summed E-state index contributed by atoms with van der Waals surface area (Å²) in [6.07, 6.45) is 0. The topological polar surface area (TPSA) is 27.3 Å². The molecule has 1 atom stereocenters. The molecule has 0 saturated heterocycles. The van der Waals surface area contributed by atoms with Crippen molar-refractivity contribution in [3.05, 3.63) is 177 Å². The molecule has 4 aliphatic heterocycles. The van der Waals surface area contributed by atoms with Crippen LogP contribution in [0.4, 0.5) is 0 Å². The molecule has 4 nitrogen and oxygen atoms in total. The molecule has 5 heterocycles. The van der Waals surface area contributed by atoms with E-state index in [-0.39, 0.29) is 21.7 Å². The summed E-state index contributed by atoms with van der Waals surface area (Å²) in [4.78, 5) is 0. The maximum atomic E-state index is 7.84. The smallest absolute Gasteiger partial charge is 0.601 e. The molecule has 334 valence electrons. The van der Waals surface area contributed by atoms with Crippen LogP contribution in [0.5, 0.6) is 11.5 Å². The Balaban J connectivity index is 1.31. The SMILES string of the molecule is CC(C)(C)c1cc2c3c(cc(C(C)(C)C)cc3c1)-c1c-2c2n3c1-c1ccccc1O[B-]31Oc3ccccc3-c3c4c5cc(C(C)(C)C)cc6cc(C(C)(C)C)cc(c=4c([n+]31)=C2c1ccccc1)c65. The third kappa shape index (κ3) is 4.94. The lowest BCUT2D eigenvalue weighted by atomic mass is 9.76. The fraction of sp³-hybridized carbons (Fsp3) is 0.254. The lowest BCUT2D eigenvalue weighted by Gasteiger charge is -2.46. The summed E-state index contributed by atoms with van der Waals surface area (Å²) in [6.45, 7) is 25.7. The summed E-state index contributed by atoms with van der Waals surface area (Å²) in [5, 5.41) is 11.5. The Morgan fingerprint density at radius 3 is 1.46 bits per heavy atom. The van der Waals surface area contributed by atoms with Crippen LogP contribution < -0.4 is 19.1 Å². The van der Waals surface area contributed by atoms with Gasteiger partial charge in [-0.05, 0) is 141 Å². The van der Waals surface area contributed by atoms with E-state index in [1.807, 2.05) is 0 Å². The maximum absolute atomic E-state index is 7.84. The van der Waals surface area contributed by atoms with E-state index in [0.29, 0.717) is 0 Å². The standard InChI is InChI=1S/C63H57BN2O2/c1-60(2,3)37-26-35-28-39(62(7,8)9)32-45-49(35)43(30-37)52-54(45)58-51(34-20-14-13-15-21-34)59-55-46-33-40(63(10,11)12)29-36-27-38(61(4,5)6)31-44(50(36)46)53(55)57-42-23-17-19-25-48(42)68-64(66(57)59)65(58)56(52)41-22-16-18-24-47(41)67-64/h13-33H,1-12H3. The Labute approximate surface area is 398 Å². The van der Waals surface area contributed by atoms with Gasteiger partial charge in [-0.1, -0.05) is 162 Å². The van der Waals surface area contributed by atoms with Gasteiger partial charge in [0, 0.05) is 28.1 Å². The van der Waals surface area contributed by atoms with Gasteiger partial charge < -0.3 is 18.3 Å². The molecule has 7 aromatic carbocycles. The highest BCUT2D eigenvalue weighted by Crippen LogP contribution is 2.61. The highest BCUT2D eigenvalue weighted by atomic mass is 16.6. The van der Waals surface area contributed by atoms with Crippen molar-refractivity contribution in [2.24, 2.45) is 0 Å². The Hall–Kier alpha value is -6.85. The predicted octanol–water partition coefficient (Wildman–Crippen LogP) is 14.5. The monoisotopic (exact) mass is 884 g/mol. The molecular formula is C63H57BN2O2. The van der Waals surface area contributed by atoms with Gasteiger partial charge >= 0.3 is 6.82 Å². The van der Waals surface area contributed by atoms with Gasteiger partial charge in [0.1, 0.15) is 0 Å². The van der Waals surface area contributed by atoms with Crippen molar-refractivity contribution >= 4 is 44.7 Å². The van der Waals surface area contributed by atoms with Gasteiger partial charge in [0.2, 0.25) is 0 Å². The van der Waals surface area contributed by atoms with Crippen molar-refractivity contribution in [1.82, 2.24) is 4.48 Å². The second-order valence-corrected chi connectivity index (χ2v) is 24.5. The molecule has 0 amide bonds. The Morgan fingerprint density at radius 2 is 0.897 bits per heavy atom. The largest absolute Gasteiger partial charge is 0.780 e. The zero-order valence-electron chi connectivity index (χ0n) is 41.4. The molecule has 1 aromatic heterocycles. The van der Waals surface area contributed by atoms with Gasteiger partial charge in [0.25, 0.3) is 0 Å². The molecule has 0 N–H and O–H groups in total. The number of aromatic nitrogens is 2. The molecule has 68 heavy (non-hydrogen) atoms. The molecule has 0 radical (unpaired) electrons. The molecule has 1 unspecified atom stereocenters. The van der Waals surface area contributed by atoms with Crippen LogP contribution in [-0.2, 0) is 21.7 Å². The van der Waals surface area contributed by atoms with E-state index in [4.69, 9.17) is 9.31 Å². The van der Waals surface area contributed by atoms with E-state index in [1.165, 1.54) is 98.4 Å². The van der Waals surface area contributed by atoms with Crippen LogP contribution in [0.1, 0.15) is 117 Å². The van der Waals surface area contributed by atoms with E-state index in [1.54, 1.807) is 0 Å². The van der Waals surface area contributed by atoms with Crippen LogP contribution >= 0.6 is 0 Å². The fourth-order valence-corrected chi connectivity index (χ4v) is 12.7. The average Bonchev–Trinajstić information content (AvgIpc) is 4.01. The van der Waals surface area contributed by atoms with Crippen molar-refractivity contribution in [2.75, 3.05) is 0 Å². The molecule has 6 aliphatic rings. The minimum Gasteiger partial charge on any atom is -0.601 e. The van der Waals surface area contributed by atoms with Crippen LogP contribution in [0.25, 0.3) is 82.7 Å². The molecule has 14 rings (SSSR count). The third-order valence-corrected chi connectivity index (χ3v) is 16.1. The van der Waals surface area contributed by atoms with Crippen molar-refractivity contribution in [1.29, 1.82) is 0 Å². The number of para-hydroxylation sites is 2. The zero-order chi connectivity index (χ0) is 46.9. The van der Waals surface area contributed by atoms with E-state index in [2.05, 4.69) is 219 Å². The molecule has 0 fully saturated rings.